The van der Waals surface area contributed by atoms with Gasteiger partial charge in [0.05, 0.1) is 0 Å². The van der Waals surface area contributed by atoms with Gasteiger partial charge in [0.1, 0.15) is 5.56 Å². The first-order chi connectivity index (χ1) is 10.7. The number of carbonyl (C=O) groups excluding carboxylic acids is 1. The zero-order valence-corrected chi connectivity index (χ0v) is 11.6. The van der Waals surface area contributed by atoms with Crippen molar-refractivity contribution in [2.24, 2.45) is 0 Å². The van der Waals surface area contributed by atoms with Crippen molar-refractivity contribution < 1.29 is 10.0 Å². The molecule has 0 aliphatic rings. The molecule has 110 valence electrons. The van der Waals surface area contributed by atoms with Crippen LogP contribution in [0.25, 0.3) is 11.0 Å². The number of amides is 1. The minimum Gasteiger partial charge on any atom is -0.423 e. The molecule has 6 nitrogen and oxygen atoms in total. The van der Waals surface area contributed by atoms with Crippen molar-refractivity contribution in [1.82, 2.24) is 15.0 Å². The van der Waals surface area contributed by atoms with E-state index in [1.165, 1.54) is 12.3 Å². The number of rotatable bonds is 3. The van der Waals surface area contributed by atoms with Gasteiger partial charge in [0.2, 0.25) is 0 Å². The van der Waals surface area contributed by atoms with Crippen LogP contribution in [0.2, 0.25) is 0 Å². The summed E-state index contributed by atoms with van der Waals surface area (Å²) >= 11 is 0. The Bertz CT molecular complexity index is 888. The van der Waals surface area contributed by atoms with Gasteiger partial charge in [-0.25, -0.2) is 4.98 Å². The number of benzene rings is 1. The average Bonchev–Trinajstić information content (AvgIpc) is 2.57. The summed E-state index contributed by atoms with van der Waals surface area (Å²) in [6.07, 6.45) is 1.46. The van der Waals surface area contributed by atoms with E-state index in [2.05, 4.69) is 10.3 Å². The predicted molar refractivity (Wildman–Crippen MR) is 80.8 cm³/mol. The molecule has 0 aliphatic heterocycles. The molecule has 0 fully saturated rings. The molecule has 1 aromatic carbocycles. The van der Waals surface area contributed by atoms with Crippen LogP contribution in [0.1, 0.15) is 15.9 Å². The van der Waals surface area contributed by atoms with Crippen LogP contribution in [0.5, 0.6) is 0 Å². The number of fused-ring (bicyclic) bond motifs is 1. The zero-order valence-electron chi connectivity index (χ0n) is 11.6. The summed E-state index contributed by atoms with van der Waals surface area (Å²) in [5.74, 6) is -0.539. The Kier molecular flexibility index (Phi) is 3.57. The maximum absolute atomic E-state index is 12.2. The second-order valence-corrected chi connectivity index (χ2v) is 4.76. The lowest BCUT2D eigenvalue weighted by Gasteiger charge is -2.07. The minimum atomic E-state index is -0.795. The van der Waals surface area contributed by atoms with Gasteiger partial charge in [0, 0.05) is 18.1 Å². The summed E-state index contributed by atoms with van der Waals surface area (Å²) in [5, 5.41) is 13.0. The van der Waals surface area contributed by atoms with Crippen molar-refractivity contribution in [3.05, 3.63) is 76.2 Å². The van der Waals surface area contributed by atoms with Gasteiger partial charge in [-0.2, -0.15) is 0 Å². The van der Waals surface area contributed by atoms with E-state index in [-0.39, 0.29) is 11.2 Å². The van der Waals surface area contributed by atoms with Crippen LogP contribution < -0.4 is 10.9 Å². The Morgan fingerprint density at radius 2 is 1.95 bits per heavy atom. The van der Waals surface area contributed by atoms with Crippen molar-refractivity contribution in [2.75, 3.05) is 0 Å². The van der Waals surface area contributed by atoms with Crippen LogP contribution in [-0.4, -0.2) is 20.8 Å². The molecule has 6 heteroatoms. The number of carbonyl (C=O) groups is 1. The molecule has 2 heterocycles. The number of pyridine rings is 2. The Morgan fingerprint density at radius 1 is 1.18 bits per heavy atom. The van der Waals surface area contributed by atoms with Crippen LogP contribution in [0, 0.1) is 0 Å². The Labute approximate surface area is 125 Å². The van der Waals surface area contributed by atoms with Crippen LogP contribution in [0.4, 0.5) is 0 Å². The molecule has 3 aromatic rings. The second kappa shape index (κ2) is 5.69. The van der Waals surface area contributed by atoms with Crippen molar-refractivity contribution in [2.45, 2.75) is 6.54 Å². The first-order valence-electron chi connectivity index (χ1n) is 6.69. The van der Waals surface area contributed by atoms with E-state index < -0.39 is 11.5 Å². The summed E-state index contributed by atoms with van der Waals surface area (Å²) in [7, 11) is 0. The van der Waals surface area contributed by atoms with E-state index in [0.29, 0.717) is 16.7 Å². The molecule has 2 aromatic heterocycles. The quantitative estimate of drug-likeness (QED) is 0.718. The molecule has 0 saturated carbocycles. The van der Waals surface area contributed by atoms with E-state index in [9.17, 15) is 14.8 Å². The summed E-state index contributed by atoms with van der Waals surface area (Å²) in [6.45, 7) is 0.301. The number of aromatic nitrogens is 2. The Balaban J connectivity index is 1.91. The Hall–Kier alpha value is -3.15. The monoisotopic (exact) mass is 295 g/mol. The number of nitrogens with one attached hydrogen (secondary N) is 1. The van der Waals surface area contributed by atoms with E-state index in [1.54, 1.807) is 12.1 Å². The van der Waals surface area contributed by atoms with Crippen LogP contribution in [-0.2, 0) is 6.54 Å². The largest absolute Gasteiger partial charge is 0.423 e. The second-order valence-electron chi connectivity index (χ2n) is 4.76. The average molecular weight is 295 g/mol. The van der Waals surface area contributed by atoms with Crippen molar-refractivity contribution >= 4 is 16.9 Å². The third-order valence-electron chi connectivity index (χ3n) is 3.28. The fourth-order valence-corrected chi connectivity index (χ4v) is 2.16. The summed E-state index contributed by atoms with van der Waals surface area (Å²) in [5.41, 5.74) is 0.116. The van der Waals surface area contributed by atoms with E-state index in [1.807, 2.05) is 30.3 Å². The molecular formula is C16H13N3O3. The molecule has 0 saturated heterocycles. The van der Waals surface area contributed by atoms with Crippen LogP contribution >= 0.6 is 0 Å². The highest BCUT2D eigenvalue weighted by Gasteiger charge is 2.15. The van der Waals surface area contributed by atoms with Gasteiger partial charge in [-0.3, -0.25) is 9.59 Å². The SMILES string of the molecule is O=C(NCc1ccccc1)c1cc2cccnc2n(O)c1=O. The topological polar surface area (TPSA) is 84.2 Å². The maximum atomic E-state index is 12.2. The van der Waals surface area contributed by atoms with E-state index in [4.69, 9.17) is 0 Å². The maximum Gasteiger partial charge on any atom is 0.297 e. The first kappa shape index (κ1) is 13.8. The van der Waals surface area contributed by atoms with Gasteiger partial charge in [0.25, 0.3) is 11.5 Å². The molecule has 0 unspecified atom stereocenters. The highest BCUT2D eigenvalue weighted by Crippen LogP contribution is 2.09. The zero-order chi connectivity index (χ0) is 15.5. The molecule has 0 atom stereocenters. The van der Waals surface area contributed by atoms with Gasteiger partial charge in [-0.05, 0) is 23.8 Å². The summed E-state index contributed by atoms with van der Waals surface area (Å²) in [6, 6.07) is 14.1. The van der Waals surface area contributed by atoms with E-state index in [0.717, 1.165) is 5.56 Å². The molecule has 2 N–H and O–H groups in total. The van der Waals surface area contributed by atoms with Crippen molar-refractivity contribution in [1.29, 1.82) is 0 Å². The smallest absolute Gasteiger partial charge is 0.297 e. The van der Waals surface area contributed by atoms with Gasteiger partial charge in [0.15, 0.2) is 5.65 Å². The number of hydrogen-bond acceptors (Lipinski definition) is 4. The number of hydrogen-bond donors (Lipinski definition) is 2. The van der Waals surface area contributed by atoms with Gasteiger partial charge < -0.3 is 10.5 Å². The molecule has 0 aliphatic carbocycles. The molecular weight excluding hydrogens is 282 g/mol. The normalized spacial score (nSPS) is 10.5. The molecule has 3 rings (SSSR count). The third kappa shape index (κ3) is 2.54. The minimum absolute atomic E-state index is 0.118. The van der Waals surface area contributed by atoms with Crippen molar-refractivity contribution in [3.63, 3.8) is 0 Å². The van der Waals surface area contributed by atoms with Gasteiger partial charge in [-0.15, -0.1) is 4.73 Å². The molecule has 0 bridgehead atoms. The summed E-state index contributed by atoms with van der Waals surface area (Å²) < 4.78 is 0.396. The van der Waals surface area contributed by atoms with Crippen LogP contribution in [0.15, 0.2) is 59.5 Å². The third-order valence-corrected chi connectivity index (χ3v) is 3.28. The Morgan fingerprint density at radius 3 is 2.73 bits per heavy atom. The lowest BCUT2D eigenvalue weighted by atomic mass is 10.2. The van der Waals surface area contributed by atoms with Gasteiger partial charge >= 0.3 is 0 Å². The standard InChI is InChI=1S/C16H13N3O3/c20-15(18-10-11-5-2-1-3-6-11)13-9-12-7-4-8-17-14(12)19(22)16(13)21/h1-9,22H,10H2,(H,18,20). The van der Waals surface area contributed by atoms with Crippen molar-refractivity contribution in [3.8, 4) is 0 Å². The lowest BCUT2D eigenvalue weighted by molar-refractivity contribution is 0.0943. The number of nitrogens with zero attached hydrogens (tertiary/aromatic N) is 2. The fraction of sp³-hybridized carbons (Fsp3) is 0.0625. The molecule has 0 spiro atoms. The van der Waals surface area contributed by atoms with Crippen LogP contribution in [0.3, 0.4) is 0 Å². The lowest BCUT2D eigenvalue weighted by Crippen LogP contribution is -2.32. The molecule has 0 radical (unpaired) electrons. The highest BCUT2D eigenvalue weighted by atomic mass is 16.5. The first-order valence-corrected chi connectivity index (χ1v) is 6.69. The van der Waals surface area contributed by atoms with Gasteiger partial charge in [-0.1, -0.05) is 30.3 Å². The fourth-order valence-electron chi connectivity index (χ4n) is 2.16. The molecule has 22 heavy (non-hydrogen) atoms. The molecule has 1 amide bonds. The highest BCUT2D eigenvalue weighted by molar-refractivity contribution is 5.96. The van der Waals surface area contributed by atoms with E-state index >= 15 is 0 Å². The summed E-state index contributed by atoms with van der Waals surface area (Å²) in [4.78, 5) is 28.1. The predicted octanol–water partition coefficient (Wildman–Crippen LogP) is 1.56.